The van der Waals surface area contributed by atoms with Gasteiger partial charge in [-0.3, -0.25) is 5.10 Å². The molecule has 2 aromatic carbocycles. The molecule has 0 radical (unpaired) electrons. The summed E-state index contributed by atoms with van der Waals surface area (Å²) in [5, 5.41) is 18.2. The number of fused-ring (bicyclic) bond motifs is 3. The molecule has 0 aliphatic rings. The van der Waals surface area contributed by atoms with E-state index in [1.807, 2.05) is 36.4 Å². The number of carbonyl (C=O) groups is 1. The number of nitrogens with one attached hydrogen (secondary N) is 1. The minimum Gasteiger partial charge on any atom is -0.476 e. The van der Waals surface area contributed by atoms with Crippen LogP contribution in [0.3, 0.4) is 0 Å². The van der Waals surface area contributed by atoms with Crippen LogP contribution in [0.4, 0.5) is 0 Å². The molecule has 16 heavy (non-hydrogen) atoms. The molecule has 4 heteroatoms. The predicted molar refractivity (Wildman–Crippen MR) is 60.6 cm³/mol. The summed E-state index contributed by atoms with van der Waals surface area (Å²) in [5.41, 5.74) is 0.822. The molecular formula is C12H8N2O2. The van der Waals surface area contributed by atoms with Crippen LogP contribution in [0.5, 0.6) is 0 Å². The van der Waals surface area contributed by atoms with Crippen LogP contribution in [0.15, 0.2) is 36.4 Å². The van der Waals surface area contributed by atoms with E-state index in [-0.39, 0.29) is 5.69 Å². The lowest BCUT2D eigenvalue weighted by Crippen LogP contribution is -1.97. The summed E-state index contributed by atoms with van der Waals surface area (Å²) in [6, 6.07) is 11.5. The van der Waals surface area contributed by atoms with Crippen LogP contribution >= 0.6 is 0 Å². The summed E-state index contributed by atoms with van der Waals surface area (Å²) in [4.78, 5) is 11.0. The number of H-pyrrole nitrogens is 1. The van der Waals surface area contributed by atoms with Gasteiger partial charge in [-0.1, -0.05) is 30.3 Å². The number of rotatable bonds is 1. The molecule has 1 aromatic heterocycles. The number of aromatic amines is 1. The first-order chi connectivity index (χ1) is 7.77. The van der Waals surface area contributed by atoms with Crippen LogP contribution < -0.4 is 0 Å². The highest BCUT2D eigenvalue weighted by Crippen LogP contribution is 2.26. The first kappa shape index (κ1) is 8.91. The number of hydrogen-bond donors (Lipinski definition) is 2. The first-order valence-corrected chi connectivity index (χ1v) is 4.86. The van der Waals surface area contributed by atoms with Gasteiger partial charge in [0.25, 0.3) is 0 Å². The van der Waals surface area contributed by atoms with Gasteiger partial charge < -0.3 is 5.11 Å². The van der Waals surface area contributed by atoms with Crippen LogP contribution in [0.2, 0.25) is 0 Å². The van der Waals surface area contributed by atoms with Crippen molar-refractivity contribution in [2.75, 3.05) is 0 Å². The fourth-order valence-corrected chi connectivity index (χ4v) is 1.95. The summed E-state index contributed by atoms with van der Waals surface area (Å²) >= 11 is 0. The lowest BCUT2D eigenvalue weighted by atomic mass is 10.0. The Balaban J connectivity index is 2.56. The Hall–Kier alpha value is -2.36. The maximum absolute atomic E-state index is 11.0. The summed E-state index contributed by atoms with van der Waals surface area (Å²) in [7, 11) is 0. The van der Waals surface area contributed by atoms with Gasteiger partial charge in [-0.15, -0.1) is 0 Å². The number of nitrogens with zero attached hydrogens (tertiary/aromatic N) is 1. The molecule has 0 amide bonds. The molecule has 0 fully saturated rings. The van der Waals surface area contributed by atoms with E-state index in [2.05, 4.69) is 10.2 Å². The molecule has 3 aromatic rings. The fraction of sp³-hybridized carbons (Fsp3) is 0. The Morgan fingerprint density at radius 1 is 1.19 bits per heavy atom. The zero-order valence-corrected chi connectivity index (χ0v) is 8.27. The molecule has 0 bridgehead atoms. The second kappa shape index (κ2) is 3.06. The van der Waals surface area contributed by atoms with Gasteiger partial charge in [0.15, 0.2) is 5.69 Å². The third-order valence-electron chi connectivity index (χ3n) is 2.66. The van der Waals surface area contributed by atoms with Crippen molar-refractivity contribution >= 4 is 27.6 Å². The zero-order valence-electron chi connectivity index (χ0n) is 8.27. The van der Waals surface area contributed by atoms with E-state index in [0.717, 1.165) is 16.3 Å². The van der Waals surface area contributed by atoms with E-state index in [4.69, 9.17) is 5.11 Å². The van der Waals surface area contributed by atoms with E-state index in [1.165, 1.54) is 0 Å². The Labute approximate surface area is 90.5 Å². The van der Waals surface area contributed by atoms with Crippen molar-refractivity contribution in [3.8, 4) is 0 Å². The molecule has 3 rings (SSSR count). The highest BCUT2D eigenvalue weighted by atomic mass is 16.4. The highest BCUT2D eigenvalue weighted by molar-refractivity contribution is 6.14. The van der Waals surface area contributed by atoms with Crippen LogP contribution in [0.25, 0.3) is 21.7 Å². The molecule has 2 N–H and O–H groups in total. The summed E-state index contributed by atoms with van der Waals surface area (Å²) in [6.07, 6.45) is 0. The molecular weight excluding hydrogens is 204 g/mol. The van der Waals surface area contributed by atoms with Gasteiger partial charge in [-0.2, -0.15) is 5.10 Å². The second-order valence-corrected chi connectivity index (χ2v) is 3.59. The largest absolute Gasteiger partial charge is 0.476 e. The maximum Gasteiger partial charge on any atom is 0.357 e. The van der Waals surface area contributed by atoms with E-state index in [1.54, 1.807) is 0 Å². The predicted octanol–water partition coefficient (Wildman–Crippen LogP) is 2.41. The van der Waals surface area contributed by atoms with E-state index < -0.39 is 5.97 Å². The van der Waals surface area contributed by atoms with Crippen LogP contribution in [-0.4, -0.2) is 21.3 Å². The molecule has 0 saturated heterocycles. The fourth-order valence-electron chi connectivity index (χ4n) is 1.95. The molecule has 4 nitrogen and oxygen atoms in total. The normalized spacial score (nSPS) is 11.0. The Morgan fingerprint density at radius 3 is 2.81 bits per heavy atom. The standard InChI is InChI=1S/C12H8N2O2/c15-12(16)11-10-8-4-2-1-3-7(8)5-6-9(10)13-14-11/h1-6H,(H,13,14)(H,15,16). The van der Waals surface area contributed by atoms with Crippen molar-refractivity contribution in [2.24, 2.45) is 0 Å². The number of aromatic nitrogens is 2. The Kier molecular flexibility index (Phi) is 1.71. The topological polar surface area (TPSA) is 66.0 Å². The molecule has 0 spiro atoms. The number of benzene rings is 2. The van der Waals surface area contributed by atoms with E-state index >= 15 is 0 Å². The van der Waals surface area contributed by atoms with E-state index in [9.17, 15) is 4.79 Å². The zero-order chi connectivity index (χ0) is 11.1. The molecule has 0 aliphatic carbocycles. The van der Waals surface area contributed by atoms with Gasteiger partial charge in [0.2, 0.25) is 0 Å². The van der Waals surface area contributed by atoms with Crippen molar-refractivity contribution in [2.45, 2.75) is 0 Å². The highest BCUT2D eigenvalue weighted by Gasteiger charge is 2.14. The van der Waals surface area contributed by atoms with Crippen molar-refractivity contribution < 1.29 is 9.90 Å². The van der Waals surface area contributed by atoms with Gasteiger partial charge in [0, 0.05) is 5.39 Å². The van der Waals surface area contributed by atoms with Crippen molar-refractivity contribution in [3.05, 3.63) is 42.1 Å². The molecule has 0 unspecified atom stereocenters. The summed E-state index contributed by atoms with van der Waals surface area (Å²) in [6.45, 7) is 0. The molecule has 1 heterocycles. The summed E-state index contributed by atoms with van der Waals surface area (Å²) in [5.74, 6) is -1.01. The molecule has 78 valence electrons. The average molecular weight is 212 g/mol. The quantitative estimate of drug-likeness (QED) is 0.651. The van der Waals surface area contributed by atoms with Crippen molar-refractivity contribution in [1.29, 1.82) is 0 Å². The third kappa shape index (κ3) is 1.10. The third-order valence-corrected chi connectivity index (χ3v) is 2.66. The second-order valence-electron chi connectivity index (χ2n) is 3.59. The molecule has 0 atom stereocenters. The molecule has 0 aliphatic heterocycles. The van der Waals surface area contributed by atoms with Gasteiger partial charge in [0.1, 0.15) is 0 Å². The van der Waals surface area contributed by atoms with Crippen molar-refractivity contribution in [3.63, 3.8) is 0 Å². The number of carboxylic acids is 1. The smallest absolute Gasteiger partial charge is 0.357 e. The van der Waals surface area contributed by atoms with Crippen LogP contribution in [0, 0.1) is 0 Å². The van der Waals surface area contributed by atoms with Gasteiger partial charge in [-0.05, 0) is 16.8 Å². The Bertz CT molecular complexity index is 700. The van der Waals surface area contributed by atoms with Crippen molar-refractivity contribution in [1.82, 2.24) is 10.2 Å². The number of carboxylic acid groups (broad SMARTS) is 1. The Morgan fingerprint density at radius 2 is 2.00 bits per heavy atom. The minimum atomic E-state index is -1.01. The number of hydrogen-bond acceptors (Lipinski definition) is 2. The summed E-state index contributed by atoms with van der Waals surface area (Å²) < 4.78 is 0. The number of aromatic carboxylic acids is 1. The van der Waals surface area contributed by atoms with Gasteiger partial charge in [0.05, 0.1) is 5.52 Å². The lowest BCUT2D eigenvalue weighted by Gasteiger charge is -1.99. The maximum atomic E-state index is 11.0. The average Bonchev–Trinajstić information content (AvgIpc) is 2.73. The monoisotopic (exact) mass is 212 g/mol. The first-order valence-electron chi connectivity index (χ1n) is 4.86. The molecule has 0 saturated carbocycles. The minimum absolute atomic E-state index is 0.0757. The van der Waals surface area contributed by atoms with Crippen LogP contribution in [0.1, 0.15) is 10.5 Å². The van der Waals surface area contributed by atoms with Crippen LogP contribution in [-0.2, 0) is 0 Å². The SMILES string of the molecule is O=C(O)c1n[nH]c2ccc3ccccc3c12. The lowest BCUT2D eigenvalue weighted by molar-refractivity contribution is 0.0692. The van der Waals surface area contributed by atoms with E-state index in [0.29, 0.717) is 5.39 Å². The van der Waals surface area contributed by atoms with Gasteiger partial charge >= 0.3 is 5.97 Å². The van der Waals surface area contributed by atoms with Gasteiger partial charge in [-0.25, -0.2) is 4.79 Å².